The lowest BCUT2D eigenvalue weighted by molar-refractivity contribution is 1.39. The maximum atomic E-state index is 2.56. The average molecular weight is 714 g/mol. The lowest BCUT2D eigenvalue weighted by Crippen LogP contribution is -2.60. The van der Waals surface area contributed by atoms with Gasteiger partial charge in [-0.2, -0.15) is 0 Å². The summed E-state index contributed by atoms with van der Waals surface area (Å²) in [4.78, 5) is 0. The summed E-state index contributed by atoms with van der Waals surface area (Å²) >= 11 is 0. The zero-order valence-electron chi connectivity index (χ0n) is 29.6. The summed E-state index contributed by atoms with van der Waals surface area (Å²) in [6.07, 6.45) is -1.18. The van der Waals surface area contributed by atoms with E-state index in [4.69, 9.17) is 0 Å². The van der Waals surface area contributed by atoms with Gasteiger partial charge in [-0.15, -0.1) is 18.2 Å². The van der Waals surface area contributed by atoms with Crippen LogP contribution in [0.25, 0.3) is 0 Å². The summed E-state index contributed by atoms with van der Waals surface area (Å²) in [6.45, 7) is 4.59. The molecule has 0 aliphatic carbocycles. The van der Waals surface area contributed by atoms with Gasteiger partial charge in [0.1, 0.15) is 0 Å². The topological polar surface area (TPSA) is 0 Å². The number of rotatable bonds is 13. The second-order valence-electron chi connectivity index (χ2n) is 13.7. The van der Waals surface area contributed by atoms with Crippen LogP contribution < -0.4 is 37.3 Å². The second-order valence-corrected chi connectivity index (χ2v) is 20.5. The highest BCUT2D eigenvalue weighted by atomic mass is 31.1. The van der Waals surface area contributed by atoms with Gasteiger partial charge in [0.2, 0.25) is 0 Å². The fraction of sp³-hybridized carbons (Fsp3) is 0.106. The Morgan fingerprint density at radius 3 is 0.745 bits per heavy atom. The molecule has 0 fully saturated rings. The largest absolute Gasteiger partial charge is 0.208 e. The molecule has 0 aliphatic rings. The predicted molar refractivity (Wildman–Crippen MR) is 233 cm³/mol. The van der Waals surface area contributed by atoms with Crippen molar-refractivity contribution in [3.8, 4) is 0 Å². The zero-order chi connectivity index (χ0) is 34.9. The summed E-state index contributed by atoms with van der Waals surface area (Å²) in [5.74, 6) is 0. The summed E-state index contributed by atoms with van der Waals surface area (Å²) < 4.78 is 0. The molecule has 0 aromatic heterocycles. The van der Waals surface area contributed by atoms with Crippen molar-refractivity contribution < 1.29 is 0 Å². The van der Waals surface area contributed by atoms with Crippen LogP contribution in [0.3, 0.4) is 0 Å². The first kappa shape index (κ1) is 35.3. The van der Waals surface area contributed by atoms with Gasteiger partial charge in [0.25, 0.3) is 0 Å². The highest BCUT2D eigenvalue weighted by molar-refractivity contribution is 7.81. The van der Waals surface area contributed by atoms with Crippen molar-refractivity contribution in [2.75, 3.05) is 18.2 Å². The molecule has 0 heterocycles. The van der Waals surface area contributed by atoms with Crippen LogP contribution in [0.5, 0.6) is 0 Å². The van der Waals surface area contributed by atoms with Gasteiger partial charge < -0.3 is 0 Å². The van der Waals surface area contributed by atoms with Crippen molar-refractivity contribution in [2.45, 2.75) is 13.8 Å². The third-order valence-electron chi connectivity index (χ3n) is 9.95. The minimum Gasteiger partial charge on any atom is -0.208 e. The summed E-state index contributed by atoms with van der Waals surface area (Å²) in [5, 5.41) is 8.76. The number of hydrogen-bond donors (Lipinski definition) is 0. The Morgan fingerprint density at radius 1 is 0.314 bits per heavy atom. The van der Waals surface area contributed by atoms with E-state index < -0.39 is 29.9 Å². The fourth-order valence-corrected chi connectivity index (χ4v) is 17.1. The maximum absolute atomic E-state index is 2.56. The van der Waals surface area contributed by atoms with Crippen LogP contribution >= 0.6 is 23.8 Å². The lowest BCUT2D eigenvalue weighted by atomic mass is 9.25. The van der Waals surface area contributed by atoms with E-state index in [2.05, 4.69) is 214 Å². The Hall–Kier alpha value is -4.11. The molecule has 0 nitrogen and oxygen atoms in total. The van der Waals surface area contributed by atoms with Crippen LogP contribution in [-0.4, -0.2) is 24.3 Å². The molecule has 7 aromatic carbocycles. The molecular weight excluding hydrogens is 668 g/mol. The van der Waals surface area contributed by atoms with Gasteiger partial charge >= 0.3 is 0 Å². The van der Waals surface area contributed by atoms with E-state index in [1.807, 2.05) is 0 Å². The predicted octanol–water partition coefficient (Wildman–Crippen LogP) is 8.98. The first-order valence-corrected chi connectivity index (χ1v) is 22.6. The first-order chi connectivity index (χ1) is 25.1. The standard InChI is InChI=1S/C47H45BP3/c1-39-33-40(2)35-41(34-39)48(36-49(42-21-9-3-10-22-42)43-23-11-4-12-24-43,37-50(44-25-13-5-14-26-44)45-27-15-6-16-28-45)38-51(46-29-17-7-18-30-46)47-31-19-8-20-32-47/h3-35H,36-38H2,1-2H3/q-1. The molecule has 0 atom stereocenters. The molecule has 51 heavy (non-hydrogen) atoms. The van der Waals surface area contributed by atoms with Crippen LogP contribution in [0.2, 0.25) is 0 Å². The van der Waals surface area contributed by atoms with Crippen LogP contribution in [0.1, 0.15) is 11.1 Å². The lowest BCUT2D eigenvalue weighted by Gasteiger charge is -2.48. The van der Waals surface area contributed by atoms with Crippen LogP contribution in [0.15, 0.2) is 200 Å². The quantitative estimate of drug-likeness (QED) is 0.0828. The minimum atomic E-state index is -1.18. The van der Waals surface area contributed by atoms with Crippen molar-refractivity contribution in [3.63, 3.8) is 0 Å². The SMILES string of the molecule is Cc1cc(C)cc([B-](CP(c2ccccc2)c2ccccc2)(CP(c2ccccc2)c2ccccc2)CP(c2ccccc2)c2ccccc2)c1. The third kappa shape index (κ3) is 8.69. The second kappa shape index (κ2) is 16.9. The van der Waals surface area contributed by atoms with E-state index in [-0.39, 0.29) is 0 Å². The fourth-order valence-electron chi connectivity index (χ4n) is 7.63. The molecule has 0 saturated carbocycles. The Kier molecular flexibility index (Phi) is 11.7. The molecule has 7 rings (SSSR count). The number of benzene rings is 7. The van der Waals surface area contributed by atoms with Gasteiger partial charge in [-0.1, -0.05) is 235 Å². The van der Waals surface area contributed by atoms with Crippen LogP contribution in [0, 0.1) is 13.8 Å². The molecule has 7 aromatic rings. The van der Waals surface area contributed by atoms with Gasteiger partial charge in [-0.25, -0.2) is 5.46 Å². The highest BCUT2D eigenvalue weighted by Gasteiger charge is 2.37. The van der Waals surface area contributed by atoms with E-state index in [1.54, 1.807) is 5.46 Å². The van der Waals surface area contributed by atoms with E-state index in [0.29, 0.717) is 0 Å². The minimum absolute atomic E-state index is 0.670. The molecule has 0 aliphatic heterocycles. The molecular formula is C47H45BP3-. The Balaban J connectivity index is 1.51. The summed E-state index contributed by atoms with van der Waals surface area (Å²) in [5.41, 5.74) is 4.26. The summed E-state index contributed by atoms with van der Waals surface area (Å²) in [7, 11) is -2.01. The Labute approximate surface area is 309 Å². The van der Waals surface area contributed by atoms with Gasteiger partial charge in [-0.3, -0.25) is 0 Å². The normalized spacial score (nSPS) is 11.7. The van der Waals surface area contributed by atoms with E-state index in [1.165, 1.54) is 43.0 Å². The van der Waals surface area contributed by atoms with Gasteiger partial charge in [0.15, 0.2) is 0 Å². The zero-order valence-corrected chi connectivity index (χ0v) is 32.3. The third-order valence-corrected chi connectivity index (χ3v) is 18.7. The van der Waals surface area contributed by atoms with Gasteiger partial charge in [0, 0.05) is 6.15 Å². The van der Waals surface area contributed by atoms with Crippen molar-refractivity contribution in [2.24, 2.45) is 0 Å². The van der Waals surface area contributed by atoms with Crippen molar-refractivity contribution >= 4 is 67.2 Å². The Bertz CT molecular complexity index is 1750. The molecule has 0 amide bonds. The van der Waals surface area contributed by atoms with Crippen molar-refractivity contribution in [1.82, 2.24) is 0 Å². The molecule has 4 heteroatoms. The number of aryl methyl sites for hydroxylation is 2. The van der Waals surface area contributed by atoms with E-state index in [9.17, 15) is 0 Å². The molecule has 0 saturated heterocycles. The maximum Gasteiger partial charge on any atom is 0.0433 e. The molecule has 0 N–H and O–H groups in total. The van der Waals surface area contributed by atoms with E-state index in [0.717, 1.165) is 18.2 Å². The van der Waals surface area contributed by atoms with Crippen LogP contribution in [0.4, 0.5) is 0 Å². The molecule has 0 unspecified atom stereocenters. The highest BCUT2D eigenvalue weighted by Crippen LogP contribution is 2.47. The van der Waals surface area contributed by atoms with Gasteiger partial charge in [0.05, 0.1) is 0 Å². The van der Waals surface area contributed by atoms with Gasteiger partial charge in [-0.05, 0) is 45.7 Å². The van der Waals surface area contributed by atoms with Crippen molar-refractivity contribution in [3.05, 3.63) is 211 Å². The monoisotopic (exact) mass is 713 g/mol. The van der Waals surface area contributed by atoms with Crippen molar-refractivity contribution in [1.29, 1.82) is 0 Å². The average Bonchev–Trinajstić information content (AvgIpc) is 3.19. The molecule has 0 radical (unpaired) electrons. The molecule has 0 spiro atoms. The number of hydrogen-bond acceptors (Lipinski definition) is 0. The van der Waals surface area contributed by atoms with E-state index >= 15 is 0 Å². The first-order valence-electron chi connectivity index (χ1n) is 18.0. The molecule has 252 valence electrons. The van der Waals surface area contributed by atoms with Crippen LogP contribution in [-0.2, 0) is 0 Å². The summed E-state index contributed by atoms with van der Waals surface area (Å²) in [6, 6.07) is 79.3. The molecule has 0 bridgehead atoms. The smallest absolute Gasteiger partial charge is 0.0433 e. The Morgan fingerprint density at radius 2 is 0.529 bits per heavy atom.